The number of oxime groups is 1. The van der Waals surface area contributed by atoms with Crippen molar-refractivity contribution in [1.82, 2.24) is 5.32 Å². The smallest absolute Gasteiger partial charge is 0.229 e. The molecule has 1 atom stereocenters. The molecule has 0 aliphatic heterocycles. The van der Waals surface area contributed by atoms with Gasteiger partial charge in [-0.3, -0.25) is 4.79 Å². The number of amides is 1. The molecule has 6 nitrogen and oxygen atoms in total. The lowest BCUT2D eigenvalue weighted by Crippen LogP contribution is -2.36. The quantitative estimate of drug-likeness (QED) is 0.294. The molecule has 1 amide bonds. The number of nitrogens with zero attached hydrogens (tertiary/aromatic N) is 1. The molecule has 2 N–H and O–H groups in total. The van der Waals surface area contributed by atoms with E-state index in [-0.39, 0.29) is 6.42 Å². The summed E-state index contributed by atoms with van der Waals surface area (Å²) in [6.07, 6.45) is 1.15. The van der Waals surface area contributed by atoms with E-state index in [4.69, 9.17) is 5.21 Å². The Morgan fingerprint density at radius 3 is 2.29 bits per heavy atom. The van der Waals surface area contributed by atoms with Crippen molar-refractivity contribution < 1.29 is 18.4 Å². The van der Waals surface area contributed by atoms with Crippen molar-refractivity contribution in [2.75, 3.05) is 13.3 Å². The van der Waals surface area contributed by atoms with E-state index in [1.165, 1.54) is 7.05 Å². The molecular weight excluding hydrogens is 208 g/mol. The number of carbonyl (C=O) groups excluding carboxylic acids is 1. The van der Waals surface area contributed by atoms with Crippen LogP contribution in [0, 0.1) is 5.92 Å². The highest BCUT2D eigenvalue weighted by Crippen LogP contribution is 2.10. The monoisotopic (exact) mass is 222 g/mol. The van der Waals surface area contributed by atoms with Gasteiger partial charge >= 0.3 is 0 Å². The van der Waals surface area contributed by atoms with Gasteiger partial charge in [0.25, 0.3) is 0 Å². The third-order valence-corrected chi connectivity index (χ3v) is 2.87. The molecular formula is C7H14N2O4S. The van der Waals surface area contributed by atoms with E-state index < -0.39 is 26.7 Å². The number of nitrogens with one attached hydrogen (secondary N) is 1. The molecule has 1 unspecified atom stereocenters. The second kappa shape index (κ2) is 4.94. The highest BCUT2D eigenvalue weighted by Gasteiger charge is 2.29. The fraction of sp³-hybridized carbons (Fsp3) is 0.714. The van der Waals surface area contributed by atoms with E-state index in [1.54, 1.807) is 6.92 Å². The second-order valence-electron chi connectivity index (χ2n) is 2.79. The van der Waals surface area contributed by atoms with Crippen molar-refractivity contribution in [2.24, 2.45) is 11.1 Å². The summed E-state index contributed by atoms with van der Waals surface area (Å²) in [5, 5.41) is 13.0. The van der Waals surface area contributed by atoms with Gasteiger partial charge in [0.05, 0.1) is 5.92 Å². The Labute approximate surface area is 82.9 Å². The van der Waals surface area contributed by atoms with Gasteiger partial charge in [0, 0.05) is 13.3 Å². The highest BCUT2D eigenvalue weighted by molar-refractivity contribution is 8.05. The molecule has 0 aromatic carbocycles. The Kier molecular flexibility index (Phi) is 4.55. The lowest BCUT2D eigenvalue weighted by molar-refractivity contribution is -0.122. The zero-order valence-corrected chi connectivity index (χ0v) is 9.13. The Morgan fingerprint density at radius 2 is 2.07 bits per heavy atom. The molecule has 82 valence electrons. The molecule has 0 aliphatic carbocycles. The topological polar surface area (TPSA) is 95.8 Å². The molecule has 0 heterocycles. The molecule has 0 aliphatic rings. The molecule has 0 aromatic rings. The van der Waals surface area contributed by atoms with Crippen LogP contribution in [0.3, 0.4) is 0 Å². The van der Waals surface area contributed by atoms with Crippen molar-refractivity contribution in [3.63, 3.8) is 0 Å². The lowest BCUT2D eigenvalue weighted by Gasteiger charge is -2.12. The third-order valence-electron chi connectivity index (χ3n) is 1.75. The average molecular weight is 222 g/mol. The number of carbonyl (C=O) groups is 1. The van der Waals surface area contributed by atoms with E-state index in [0.717, 1.165) is 6.26 Å². The Balaban J connectivity index is 5.12. The first kappa shape index (κ1) is 12.9. The van der Waals surface area contributed by atoms with Crippen molar-refractivity contribution in [3.8, 4) is 0 Å². The van der Waals surface area contributed by atoms with E-state index in [1.807, 2.05) is 0 Å². The maximum atomic E-state index is 11.2. The lowest BCUT2D eigenvalue weighted by atomic mass is 10.1. The Bertz CT molecular complexity index is 334. The second-order valence-corrected chi connectivity index (χ2v) is 4.75. The van der Waals surface area contributed by atoms with Crippen LogP contribution in [-0.4, -0.2) is 37.9 Å². The largest absolute Gasteiger partial charge is 0.410 e. The molecule has 14 heavy (non-hydrogen) atoms. The van der Waals surface area contributed by atoms with Gasteiger partial charge in [0.2, 0.25) is 5.91 Å². The van der Waals surface area contributed by atoms with Crippen LogP contribution in [0.2, 0.25) is 0 Å². The predicted molar refractivity (Wildman–Crippen MR) is 51.9 cm³/mol. The summed E-state index contributed by atoms with van der Waals surface area (Å²) in [5.74, 6) is -1.41. The summed E-state index contributed by atoms with van der Waals surface area (Å²) < 4.78 is 22.2. The van der Waals surface area contributed by atoms with Gasteiger partial charge in [-0.25, -0.2) is 8.42 Å². The maximum absolute atomic E-state index is 11.2. The van der Waals surface area contributed by atoms with Crippen molar-refractivity contribution in [3.05, 3.63) is 0 Å². The Hall–Kier alpha value is -1.11. The van der Waals surface area contributed by atoms with Gasteiger partial charge in [-0.1, -0.05) is 12.1 Å². The van der Waals surface area contributed by atoms with E-state index in [0.29, 0.717) is 0 Å². The van der Waals surface area contributed by atoms with Gasteiger partial charge in [-0.05, 0) is 6.42 Å². The first-order valence-corrected chi connectivity index (χ1v) is 5.91. The van der Waals surface area contributed by atoms with Gasteiger partial charge < -0.3 is 10.5 Å². The molecule has 0 radical (unpaired) electrons. The van der Waals surface area contributed by atoms with Crippen LogP contribution in [0.1, 0.15) is 13.3 Å². The van der Waals surface area contributed by atoms with Crippen molar-refractivity contribution in [1.29, 1.82) is 0 Å². The van der Waals surface area contributed by atoms with Crippen molar-refractivity contribution >= 4 is 20.8 Å². The number of sulfone groups is 1. The maximum Gasteiger partial charge on any atom is 0.229 e. The molecule has 0 saturated carbocycles. The van der Waals surface area contributed by atoms with Crippen LogP contribution >= 0.6 is 0 Å². The van der Waals surface area contributed by atoms with Crippen LogP contribution in [0.15, 0.2) is 5.16 Å². The summed E-state index contributed by atoms with van der Waals surface area (Å²) in [6, 6.07) is 0. The standard InChI is InChI=1S/C7H14N2O4S/c1-4-5(6(10)8-2)7(9-11)14(3,12)13/h5,11H,4H2,1-3H3,(H,8,10). The predicted octanol–water partition coefficient (Wildman–Crippen LogP) is -0.409. The minimum absolute atomic E-state index is 0.256. The average Bonchev–Trinajstić information content (AvgIpc) is 2.10. The molecule has 0 saturated heterocycles. The fourth-order valence-corrected chi connectivity index (χ4v) is 1.99. The van der Waals surface area contributed by atoms with Crippen LogP contribution in [0.4, 0.5) is 0 Å². The summed E-state index contributed by atoms with van der Waals surface area (Å²) in [7, 11) is -2.25. The molecule has 7 heteroatoms. The molecule has 0 fully saturated rings. The van der Waals surface area contributed by atoms with E-state index >= 15 is 0 Å². The van der Waals surface area contributed by atoms with Gasteiger partial charge in [0.1, 0.15) is 0 Å². The first-order valence-electron chi connectivity index (χ1n) is 4.02. The zero-order chi connectivity index (χ0) is 11.4. The minimum Gasteiger partial charge on any atom is -0.410 e. The van der Waals surface area contributed by atoms with E-state index in [2.05, 4.69) is 10.5 Å². The number of rotatable bonds is 3. The summed E-state index contributed by atoms with van der Waals surface area (Å²) in [5.41, 5.74) is 0. The molecule has 0 aromatic heterocycles. The van der Waals surface area contributed by atoms with E-state index in [9.17, 15) is 13.2 Å². The van der Waals surface area contributed by atoms with Crippen LogP contribution < -0.4 is 5.32 Å². The van der Waals surface area contributed by atoms with Crippen molar-refractivity contribution in [2.45, 2.75) is 13.3 Å². The molecule has 0 bridgehead atoms. The molecule has 0 spiro atoms. The highest BCUT2D eigenvalue weighted by atomic mass is 32.2. The normalized spacial score (nSPS) is 14.9. The van der Waals surface area contributed by atoms with Crippen LogP contribution in [0.25, 0.3) is 0 Å². The number of hydrogen-bond donors (Lipinski definition) is 2. The Morgan fingerprint density at radius 1 is 1.57 bits per heavy atom. The third kappa shape index (κ3) is 2.99. The molecule has 0 rings (SSSR count). The SMILES string of the molecule is CCC(C(=O)NC)C(=NO)S(C)(=O)=O. The first-order chi connectivity index (χ1) is 6.38. The van der Waals surface area contributed by atoms with Gasteiger partial charge in [0.15, 0.2) is 14.9 Å². The summed E-state index contributed by atoms with van der Waals surface area (Å²) in [4.78, 5) is 11.2. The zero-order valence-electron chi connectivity index (χ0n) is 8.31. The van der Waals surface area contributed by atoms with Crippen LogP contribution in [0.5, 0.6) is 0 Å². The minimum atomic E-state index is -3.64. The van der Waals surface area contributed by atoms with Gasteiger partial charge in [-0.2, -0.15) is 0 Å². The van der Waals surface area contributed by atoms with Gasteiger partial charge in [-0.15, -0.1) is 0 Å². The summed E-state index contributed by atoms with van der Waals surface area (Å²) >= 11 is 0. The fourth-order valence-electron chi connectivity index (χ4n) is 1.05. The van der Waals surface area contributed by atoms with Crippen LogP contribution in [-0.2, 0) is 14.6 Å². The number of hydrogen-bond acceptors (Lipinski definition) is 5. The summed E-state index contributed by atoms with van der Waals surface area (Å²) in [6.45, 7) is 1.64.